The van der Waals surface area contributed by atoms with Gasteiger partial charge < -0.3 is 10.8 Å². The van der Waals surface area contributed by atoms with Crippen LogP contribution in [0.4, 0.5) is 0 Å². The molecule has 1 atom stereocenters. The van der Waals surface area contributed by atoms with Gasteiger partial charge in [0.05, 0.1) is 6.42 Å². The van der Waals surface area contributed by atoms with Crippen LogP contribution >= 0.6 is 11.8 Å². The molecule has 4 heteroatoms. The second-order valence-electron chi connectivity index (χ2n) is 1.91. The number of carboxylic acids is 1. The minimum atomic E-state index is -0.767. The third-order valence-corrected chi connectivity index (χ3v) is 2.23. The SMILES string of the molecule is CCSC(CN)CC(=O)O. The van der Waals surface area contributed by atoms with Gasteiger partial charge in [0, 0.05) is 11.8 Å². The molecule has 0 aliphatic heterocycles. The fourth-order valence-corrected chi connectivity index (χ4v) is 1.51. The summed E-state index contributed by atoms with van der Waals surface area (Å²) in [7, 11) is 0. The molecule has 10 heavy (non-hydrogen) atoms. The van der Waals surface area contributed by atoms with Gasteiger partial charge in [0.2, 0.25) is 0 Å². The molecular weight excluding hydrogens is 150 g/mol. The lowest BCUT2D eigenvalue weighted by Crippen LogP contribution is -2.20. The molecule has 0 aromatic rings. The molecule has 0 aliphatic rings. The number of hydrogen-bond acceptors (Lipinski definition) is 3. The molecule has 0 saturated heterocycles. The van der Waals surface area contributed by atoms with Gasteiger partial charge in [-0.3, -0.25) is 4.79 Å². The normalized spacial score (nSPS) is 13.0. The summed E-state index contributed by atoms with van der Waals surface area (Å²) >= 11 is 1.60. The van der Waals surface area contributed by atoms with Crippen LogP contribution in [0.5, 0.6) is 0 Å². The zero-order valence-electron chi connectivity index (χ0n) is 6.04. The van der Waals surface area contributed by atoms with Gasteiger partial charge in [0.25, 0.3) is 0 Å². The van der Waals surface area contributed by atoms with Gasteiger partial charge in [0.1, 0.15) is 0 Å². The van der Waals surface area contributed by atoms with E-state index in [1.807, 2.05) is 6.92 Å². The van der Waals surface area contributed by atoms with E-state index in [9.17, 15) is 4.79 Å². The van der Waals surface area contributed by atoms with Crippen molar-refractivity contribution in [3.8, 4) is 0 Å². The molecule has 0 radical (unpaired) electrons. The third kappa shape index (κ3) is 4.64. The number of carboxylic acid groups (broad SMARTS) is 1. The number of hydrogen-bond donors (Lipinski definition) is 2. The second kappa shape index (κ2) is 5.56. The Hall–Kier alpha value is -0.220. The summed E-state index contributed by atoms with van der Waals surface area (Å²) < 4.78 is 0. The van der Waals surface area contributed by atoms with Crippen LogP contribution in [0.1, 0.15) is 13.3 Å². The van der Waals surface area contributed by atoms with Crippen LogP contribution < -0.4 is 5.73 Å². The third-order valence-electron chi connectivity index (χ3n) is 1.07. The largest absolute Gasteiger partial charge is 0.481 e. The molecule has 0 aromatic heterocycles. The van der Waals surface area contributed by atoms with Gasteiger partial charge in [-0.05, 0) is 5.75 Å². The summed E-state index contributed by atoms with van der Waals surface area (Å²) in [4.78, 5) is 10.2. The highest BCUT2D eigenvalue weighted by atomic mass is 32.2. The lowest BCUT2D eigenvalue weighted by Gasteiger charge is -2.08. The minimum Gasteiger partial charge on any atom is -0.481 e. The lowest BCUT2D eigenvalue weighted by atomic mass is 10.3. The van der Waals surface area contributed by atoms with Crippen LogP contribution in [0, 0.1) is 0 Å². The quantitative estimate of drug-likeness (QED) is 0.621. The molecule has 0 spiro atoms. The smallest absolute Gasteiger partial charge is 0.304 e. The molecule has 0 rings (SSSR count). The Morgan fingerprint density at radius 3 is 2.70 bits per heavy atom. The van der Waals surface area contributed by atoms with Crippen molar-refractivity contribution in [3.05, 3.63) is 0 Å². The summed E-state index contributed by atoms with van der Waals surface area (Å²) in [6, 6.07) is 0. The fourth-order valence-electron chi connectivity index (χ4n) is 0.641. The summed E-state index contributed by atoms with van der Waals surface area (Å²) in [5.41, 5.74) is 5.32. The van der Waals surface area contributed by atoms with Gasteiger partial charge in [-0.25, -0.2) is 0 Å². The Balaban J connectivity index is 3.49. The van der Waals surface area contributed by atoms with Crippen molar-refractivity contribution in [3.63, 3.8) is 0 Å². The molecule has 0 heterocycles. The maximum absolute atomic E-state index is 10.2. The van der Waals surface area contributed by atoms with Crippen molar-refractivity contribution in [2.24, 2.45) is 5.73 Å². The zero-order chi connectivity index (χ0) is 7.98. The van der Waals surface area contributed by atoms with Crippen molar-refractivity contribution in [1.82, 2.24) is 0 Å². The Morgan fingerprint density at radius 2 is 2.40 bits per heavy atom. The van der Waals surface area contributed by atoms with E-state index in [-0.39, 0.29) is 11.7 Å². The zero-order valence-corrected chi connectivity index (χ0v) is 6.86. The van der Waals surface area contributed by atoms with Crippen LogP contribution in [-0.2, 0) is 4.79 Å². The fraction of sp³-hybridized carbons (Fsp3) is 0.833. The molecule has 0 amide bonds. The van der Waals surface area contributed by atoms with Crippen LogP contribution in [0.25, 0.3) is 0 Å². The number of carbonyl (C=O) groups is 1. The topological polar surface area (TPSA) is 63.3 Å². The molecule has 0 aromatic carbocycles. The van der Waals surface area contributed by atoms with E-state index in [4.69, 9.17) is 10.8 Å². The highest BCUT2D eigenvalue weighted by molar-refractivity contribution is 7.99. The van der Waals surface area contributed by atoms with Gasteiger partial charge in [-0.15, -0.1) is 0 Å². The average Bonchev–Trinajstić information content (AvgIpc) is 1.86. The van der Waals surface area contributed by atoms with E-state index in [2.05, 4.69) is 0 Å². The average molecular weight is 163 g/mol. The molecule has 0 bridgehead atoms. The molecule has 3 N–H and O–H groups in total. The van der Waals surface area contributed by atoms with Gasteiger partial charge in [-0.2, -0.15) is 11.8 Å². The second-order valence-corrected chi connectivity index (χ2v) is 3.49. The van der Waals surface area contributed by atoms with E-state index in [1.165, 1.54) is 0 Å². The standard InChI is InChI=1S/C6H13NO2S/c1-2-10-5(4-7)3-6(8)9/h5H,2-4,7H2,1H3,(H,8,9). The van der Waals surface area contributed by atoms with Crippen LogP contribution in [0.3, 0.4) is 0 Å². The van der Waals surface area contributed by atoms with E-state index < -0.39 is 5.97 Å². The maximum atomic E-state index is 10.2. The molecule has 1 unspecified atom stereocenters. The van der Waals surface area contributed by atoms with Crippen molar-refractivity contribution >= 4 is 17.7 Å². The first-order valence-corrected chi connectivity index (χ1v) is 4.29. The Morgan fingerprint density at radius 1 is 1.80 bits per heavy atom. The summed E-state index contributed by atoms with van der Waals surface area (Å²) in [6.07, 6.45) is 0.176. The maximum Gasteiger partial charge on any atom is 0.304 e. The molecule has 3 nitrogen and oxygen atoms in total. The van der Waals surface area contributed by atoms with E-state index in [0.29, 0.717) is 6.54 Å². The van der Waals surface area contributed by atoms with Gasteiger partial charge in [-0.1, -0.05) is 6.92 Å². The van der Waals surface area contributed by atoms with Crippen LogP contribution in [-0.4, -0.2) is 28.6 Å². The van der Waals surface area contributed by atoms with Crippen molar-refractivity contribution in [1.29, 1.82) is 0 Å². The number of nitrogens with two attached hydrogens (primary N) is 1. The lowest BCUT2D eigenvalue weighted by molar-refractivity contribution is -0.136. The number of rotatable bonds is 5. The van der Waals surface area contributed by atoms with E-state index >= 15 is 0 Å². The molecule has 60 valence electrons. The molecular formula is C6H13NO2S. The van der Waals surface area contributed by atoms with Gasteiger partial charge in [0.15, 0.2) is 0 Å². The Labute approximate surface area is 65.0 Å². The first-order valence-electron chi connectivity index (χ1n) is 3.24. The Bertz CT molecular complexity index is 108. The monoisotopic (exact) mass is 163 g/mol. The molecule has 0 saturated carbocycles. The predicted octanol–water partition coefficient (Wildman–Crippen LogP) is 0.542. The number of aliphatic carboxylic acids is 1. The predicted molar refractivity (Wildman–Crippen MR) is 43.2 cm³/mol. The minimum absolute atomic E-state index is 0.0856. The van der Waals surface area contributed by atoms with Crippen LogP contribution in [0.15, 0.2) is 0 Å². The highest BCUT2D eigenvalue weighted by Gasteiger charge is 2.09. The summed E-state index contributed by atoms with van der Waals surface area (Å²) in [5.74, 6) is 0.159. The highest BCUT2D eigenvalue weighted by Crippen LogP contribution is 2.12. The van der Waals surface area contributed by atoms with E-state index in [1.54, 1.807) is 11.8 Å². The summed E-state index contributed by atoms with van der Waals surface area (Å²) in [5, 5.41) is 8.46. The Kier molecular flexibility index (Phi) is 5.43. The molecule has 0 aliphatic carbocycles. The van der Waals surface area contributed by atoms with Crippen molar-refractivity contribution < 1.29 is 9.90 Å². The van der Waals surface area contributed by atoms with Gasteiger partial charge >= 0.3 is 5.97 Å². The van der Waals surface area contributed by atoms with Crippen LogP contribution in [0.2, 0.25) is 0 Å². The summed E-state index contributed by atoms with van der Waals surface area (Å²) in [6.45, 7) is 2.44. The van der Waals surface area contributed by atoms with E-state index in [0.717, 1.165) is 5.75 Å². The first kappa shape index (κ1) is 9.78. The van der Waals surface area contributed by atoms with Crippen molar-refractivity contribution in [2.45, 2.75) is 18.6 Å². The number of thioether (sulfide) groups is 1. The first-order chi connectivity index (χ1) is 4.70. The van der Waals surface area contributed by atoms with Crippen molar-refractivity contribution in [2.75, 3.05) is 12.3 Å². The molecule has 0 fully saturated rings.